The molecule has 2 rings (SSSR count). The van der Waals surface area contributed by atoms with Crippen LogP contribution in [-0.2, 0) is 0 Å². The quantitative estimate of drug-likeness (QED) is 0.368. The Balaban J connectivity index is 1.96. The molecule has 0 radical (unpaired) electrons. The van der Waals surface area contributed by atoms with E-state index in [0.717, 1.165) is 0 Å². The molecule has 2 atom stereocenters. The zero-order valence-electron chi connectivity index (χ0n) is 6.90. The Morgan fingerprint density at radius 3 is 2.91 bits per heavy atom. The molecular formula is C8H17N3. The van der Waals surface area contributed by atoms with Gasteiger partial charge in [0.05, 0.1) is 0 Å². The van der Waals surface area contributed by atoms with Gasteiger partial charge in [0.1, 0.15) is 0 Å². The maximum atomic E-state index is 5.41. The van der Waals surface area contributed by atoms with Crippen LogP contribution in [0.25, 0.3) is 0 Å². The van der Waals surface area contributed by atoms with Crippen molar-refractivity contribution in [2.24, 2.45) is 11.3 Å². The van der Waals surface area contributed by atoms with E-state index < -0.39 is 0 Å². The van der Waals surface area contributed by atoms with E-state index in [-0.39, 0.29) is 0 Å². The first-order valence-corrected chi connectivity index (χ1v) is 4.52. The van der Waals surface area contributed by atoms with Gasteiger partial charge in [-0.05, 0) is 37.6 Å². The lowest BCUT2D eigenvalue weighted by Gasteiger charge is -2.21. The minimum Gasteiger partial charge on any atom is -0.316 e. The smallest absolute Gasteiger partial charge is 0.0216 e. The highest BCUT2D eigenvalue weighted by molar-refractivity contribution is 4.96. The van der Waals surface area contributed by atoms with Crippen LogP contribution < -0.4 is 16.6 Å². The van der Waals surface area contributed by atoms with Gasteiger partial charge in [0.25, 0.3) is 0 Å². The van der Waals surface area contributed by atoms with Gasteiger partial charge < -0.3 is 5.32 Å². The van der Waals surface area contributed by atoms with Crippen LogP contribution in [-0.4, -0.2) is 19.1 Å². The molecule has 1 heterocycles. The number of hydrogen-bond acceptors (Lipinski definition) is 3. The predicted octanol–water partition coefficient (Wildman–Crippen LogP) is -0.0181. The summed E-state index contributed by atoms with van der Waals surface area (Å²) in [5.74, 6) is 5.41. The molecular weight excluding hydrogens is 138 g/mol. The minimum atomic E-state index is 0.579. The summed E-state index contributed by atoms with van der Waals surface area (Å²) < 4.78 is 0. The Morgan fingerprint density at radius 1 is 1.45 bits per heavy atom. The van der Waals surface area contributed by atoms with E-state index in [1.807, 2.05) is 0 Å². The minimum absolute atomic E-state index is 0.579. The van der Waals surface area contributed by atoms with Crippen molar-refractivity contribution < 1.29 is 0 Å². The van der Waals surface area contributed by atoms with Crippen molar-refractivity contribution in [2.75, 3.05) is 13.1 Å². The first kappa shape index (κ1) is 7.53. The highest BCUT2D eigenvalue weighted by Gasteiger charge is 2.40. The van der Waals surface area contributed by atoms with Crippen LogP contribution in [0.1, 0.15) is 25.7 Å². The average molecular weight is 155 g/mol. The van der Waals surface area contributed by atoms with Crippen LogP contribution in [0, 0.1) is 5.41 Å². The lowest BCUT2D eigenvalue weighted by Crippen LogP contribution is -2.34. The first-order chi connectivity index (χ1) is 5.35. The number of hydrazine groups is 1. The number of rotatable bonds is 1. The summed E-state index contributed by atoms with van der Waals surface area (Å²) in [6.07, 6.45) is 5.24. The molecule has 11 heavy (non-hydrogen) atoms. The van der Waals surface area contributed by atoms with E-state index in [1.54, 1.807) is 0 Å². The van der Waals surface area contributed by atoms with E-state index in [0.29, 0.717) is 11.5 Å². The third kappa shape index (κ3) is 1.28. The molecule has 1 saturated heterocycles. The van der Waals surface area contributed by atoms with Gasteiger partial charge in [-0.1, -0.05) is 0 Å². The van der Waals surface area contributed by atoms with Crippen molar-refractivity contribution in [1.29, 1.82) is 0 Å². The van der Waals surface area contributed by atoms with Gasteiger partial charge in [0.2, 0.25) is 0 Å². The van der Waals surface area contributed by atoms with Crippen molar-refractivity contribution in [2.45, 2.75) is 31.7 Å². The molecule has 3 nitrogen and oxygen atoms in total. The molecule has 0 bridgehead atoms. The first-order valence-electron chi connectivity index (χ1n) is 4.52. The maximum absolute atomic E-state index is 5.41. The number of hydrogen-bond donors (Lipinski definition) is 3. The fraction of sp³-hybridized carbons (Fsp3) is 1.00. The van der Waals surface area contributed by atoms with Crippen molar-refractivity contribution in [3.05, 3.63) is 0 Å². The molecule has 4 N–H and O–H groups in total. The van der Waals surface area contributed by atoms with Crippen LogP contribution >= 0.6 is 0 Å². The second kappa shape index (κ2) is 2.73. The number of nitrogens with two attached hydrogens (primary N) is 1. The second-order valence-electron chi connectivity index (χ2n) is 4.03. The van der Waals surface area contributed by atoms with Crippen LogP contribution in [0.4, 0.5) is 0 Å². The predicted molar refractivity (Wildman–Crippen MR) is 44.9 cm³/mol. The highest BCUT2D eigenvalue weighted by Crippen LogP contribution is 2.42. The molecule has 0 amide bonds. The fourth-order valence-corrected chi connectivity index (χ4v) is 2.53. The highest BCUT2D eigenvalue weighted by atomic mass is 15.2. The summed E-state index contributed by atoms with van der Waals surface area (Å²) in [6, 6.07) is 0.579. The Kier molecular flexibility index (Phi) is 1.87. The van der Waals surface area contributed by atoms with Crippen molar-refractivity contribution in [3.63, 3.8) is 0 Å². The third-order valence-electron chi connectivity index (χ3n) is 3.27. The lowest BCUT2D eigenvalue weighted by atomic mass is 9.85. The molecule has 0 aromatic rings. The molecule has 2 aliphatic rings. The SMILES string of the molecule is NNC1CCC2(CCNC2)C1. The standard InChI is InChI=1S/C8H17N3/c9-11-7-1-2-8(5-7)3-4-10-6-8/h7,10-11H,1-6,9H2. The van der Waals surface area contributed by atoms with Gasteiger partial charge in [-0.2, -0.15) is 0 Å². The molecule has 0 aromatic heterocycles. The van der Waals surface area contributed by atoms with Crippen molar-refractivity contribution in [1.82, 2.24) is 10.7 Å². The van der Waals surface area contributed by atoms with Gasteiger partial charge in [0.15, 0.2) is 0 Å². The van der Waals surface area contributed by atoms with Gasteiger partial charge in [0, 0.05) is 12.6 Å². The molecule has 1 saturated carbocycles. The Labute approximate surface area is 67.7 Å². The molecule has 1 aliphatic heterocycles. The van der Waals surface area contributed by atoms with E-state index in [4.69, 9.17) is 5.84 Å². The second-order valence-corrected chi connectivity index (χ2v) is 4.03. The van der Waals surface area contributed by atoms with E-state index in [9.17, 15) is 0 Å². The topological polar surface area (TPSA) is 50.1 Å². The van der Waals surface area contributed by atoms with E-state index >= 15 is 0 Å². The summed E-state index contributed by atoms with van der Waals surface area (Å²) >= 11 is 0. The van der Waals surface area contributed by atoms with Crippen LogP contribution in [0.3, 0.4) is 0 Å². The summed E-state index contributed by atoms with van der Waals surface area (Å²) in [7, 11) is 0. The zero-order chi connectivity index (χ0) is 7.73. The van der Waals surface area contributed by atoms with Gasteiger partial charge in [-0.3, -0.25) is 11.3 Å². The van der Waals surface area contributed by atoms with Crippen molar-refractivity contribution in [3.8, 4) is 0 Å². The summed E-state index contributed by atoms with van der Waals surface area (Å²) in [5.41, 5.74) is 3.50. The average Bonchev–Trinajstić information content (AvgIpc) is 2.62. The van der Waals surface area contributed by atoms with E-state index in [2.05, 4.69) is 10.7 Å². The summed E-state index contributed by atoms with van der Waals surface area (Å²) in [5, 5.41) is 3.43. The normalized spacial score (nSPS) is 43.9. The van der Waals surface area contributed by atoms with Gasteiger partial charge >= 0.3 is 0 Å². The van der Waals surface area contributed by atoms with Gasteiger partial charge in [-0.25, -0.2) is 0 Å². The summed E-state index contributed by atoms with van der Waals surface area (Å²) in [6.45, 7) is 2.42. The molecule has 3 heteroatoms. The van der Waals surface area contributed by atoms with Gasteiger partial charge in [-0.15, -0.1) is 0 Å². The largest absolute Gasteiger partial charge is 0.316 e. The number of nitrogens with one attached hydrogen (secondary N) is 2. The Bertz CT molecular complexity index is 140. The molecule has 1 aliphatic carbocycles. The van der Waals surface area contributed by atoms with E-state index in [1.165, 1.54) is 38.8 Å². The Morgan fingerprint density at radius 2 is 2.36 bits per heavy atom. The Hall–Kier alpha value is -0.120. The molecule has 1 spiro atoms. The van der Waals surface area contributed by atoms with Crippen LogP contribution in [0.2, 0.25) is 0 Å². The van der Waals surface area contributed by atoms with Crippen LogP contribution in [0.15, 0.2) is 0 Å². The zero-order valence-corrected chi connectivity index (χ0v) is 6.90. The molecule has 2 unspecified atom stereocenters. The fourth-order valence-electron chi connectivity index (χ4n) is 2.53. The molecule has 0 aromatic carbocycles. The third-order valence-corrected chi connectivity index (χ3v) is 3.27. The lowest BCUT2D eigenvalue weighted by molar-refractivity contribution is 0.324. The maximum Gasteiger partial charge on any atom is 0.0216 e. The summed E-state index contributed by atoms with van der Waals surface area (Å²) in [4.78, 5) is 0. The monoisotopic (exact) mass is 155 g/mol. The molecule has 64 valence electrons. The molecule has 2 fully saturated rings. The van der Waals surface area contributed by atoms with Crippen LogP contribution in [0.5, 0.6) is 0 Å². The van der Waals surface area contributed by atoms with Crippen molar-refractivity contribution >= 4 is 0 Å².